The van der Waals surface area contributed by atoms with E-state index in [-0.39, 0.29) is 31.7 Å². The molecule has 0 radical (unpaired) electrons. The van der Waals surface area contributed by atoms with E-state index in [0.717, 1.165) is 5.01 Å². The van der Waals surface area contributed by atoms with Crippen LogP contribution >= 0.6 is 0 Å². The molecule has 12 heteroatoms. The standard InChI is InChI=1S/C27H35N5O7/c1-27(2,3)39-26(38)21(33)15-18(16-28-4)29-24(36)20-11-8-14-31-22(34)13-12-19(25(37)32(20)31)30-23(35)17-9-6-5-7-10-17/h5-7,9-10,16,18-20H,8,11-15H2,1-4H3,(H,29,36)(H,30,35)/b28-16+/t18-,19?,20-/m0/s1. The maximum Gasteiger partial charge on any atom is 0.375 e. The van der Waals surface area contributed by atoms with Gasteiger partial charge >= 0.3 is 5.97 Å². The number of hydrazine groups is 1. The zero-order valence-corrected chi connectivity index (χ0v) is 22.6. The summed E-state index contributed by atoms with van der Waals surface area (Å²) >= 11 is 0. The molecule has 0 spiro atoms. The predicted octanol–water partition coefficient (Wildman–Crippen LogP) is 0.800. The number of hydrogen-bond donors (Lipinski definition) is 2. The Labute approximate surface area is 227 Å². The third-order valence-corrected chi connectivity index (χ3v) is 6.19. The number of Topliss-reactive ketones (excluding diaryl/α,β-unsaturated/α-hetero) is 1. The van der Waals surface area contributed by atoms with Crippen LogP contribution in [0.15, 0.2) is 35.3 Å². The van der Waals surface area contributed by atoms with Crippen LogP contribution < -0.4 is 10.6 Å². The molecule has 0 bridgehead atoms. The van der Waals surface area contributed by atoms with Gasteiger partial charge in [0.1, 0.15) is 17.7 Å². The molecular weight excluding hydrogens is 506 g/mol. The van der Waals surface area contributed by atoms with E-state index in [9.17, 15) is 28.8 Å². The molecule has 2 aliphatic heterocycles. The number of fused-ring (bicyclic) bond motifs is 1. The first kappa shape index (κ1) is 29.5. The summed E-state index contributed by atoms with van der Waals surface area (Å²) in [6, 6.07) is 5.37. The van der Waals surface area contributed by atoms with Gasteiger partial charge in [-0.05, 0) is 52.2 Å². The van der Waals surface area contributed by atoms with Crippen molar-refractivity contribution in [2.24, 2.45) is 4.99 Å². The summed E-state index contributed by atoms with van der Waals surface area (Å²) in [6.45, 7) is 5.16. The van der Waals surface area contributed by atoms with Crippen molar-refractivity contribution in [1.29, 1.82) is 0 Å². The fourth-order valence-electron chi connectivity index (χ4n) is 4.46. The van der Waals surface area contributed by atoms with Gasteiger partial charge in [-0.15, -0.1) is 0 Å². The van der Waals surface area contributed by atoms with Gasteiger partial charge in [-0.25, -0.2) is 9.80 Å². The molecule has 0 aliphatic carbocycles. The number of ether oxygens (including phenoxy) is 1. The van der Waals surface area contributed by atoms with Crippen LogP contribution in [0.4, 0.5) is 0 Å². The number of benzene rings is 1. The van der Waals surface area contributed by atoms with Crippen molar-refractivity contribution < 1.29 is 33.5 Å². The molecule has 1 aromatic rings. The highest BCUT2D eigenvalue weighted by Crippen LogP contribution is 2.25. The normalized spacial score (nSPS) is 20.6. The number of aliphatic imine (C=N–C) groups is 1. The minimum absolute atomic E-state index is 0.0197. The molecule has 39 heavy (non-hydrogen) atoms. The summed E-state index contributed by atoms with van der Waals surface area (Å²) in [5.41, 5.74) is -0.496. The van der Waals surface area contributed by atoms with Crippen molar-refractivity contribution in [2.45, 2.75) is 76.6 Å². The van der Waals surface area contributed by atoms with Crippen molar-refractivity contribution in [3.63, 3.8) is 0 Å². The highest BCUT2D eigenvalue weighted by atomic mass is 16.6. The summed E-state index contributed by atoms with van der Waals surface area (Å²) in [5, 5.41) is 7.76. The SMILES string of the molecule is C/N=C/[C@H](CC(=O)C(=O)OC(C)(C)C)NC(=O)[C@@H]1CCCN2C(=O)CCC(NC(=O)c3ccccc3)C(=O)N12. The molecule has 1 aromatic carbocycles. The third kappa shape index (κ3) is 7.71. The number of amides is 4. The lowest BCUT2D eigenvalue weighted by Crippen LogP contribution is -2.64. The molecule has 2 fully saturated rings. The molecule has 4 amide bonds. The fourth-order valence-corrected chi connectivity index (χ4v) is 4.46. The number of ketones is 1. The minimum atomic E-state index is -1.06. The summed E-state index contributed by atoms with van der Waals surface area (Å²) in [5.74, 6) is -3.85. The van der Waals surface area contributed by atoms with Crippen LogP contribution in [0.3, 0.4) is 0 Å². The number of nitrogens with one attached hydrogen (secondary N) is 2. The molecule has 3 rings (SSSR count). The second-order valence-electron chi connectivity index (χ2n) is 10.4. The molecular formula is C27H35N5O7. The number of esters is 1. The molecule has 12 nitrogen and oxygen atoms in total. The molecule has 2 aliphatic rings. The fraction of sp³-hybridized carbons (Fsp3) is 0.519. The molecule has 2 saturated heterocycles. The lowest BCUT2D eigenvalue weighted by Gasteiger charge is -2.43. The Kier molecular flexibility index (Phi) is 9.55. The Morgan fingerprint density at radius 1 is 1.13 bits per heavy atom. The minimum Gasteiger partial charge on any atom is -0.454 e. The summed E-state index contributed by atoms with van der Waals surface area (Å²) in [6.07, 6.45) is 1.77. The Morgan fingerprint density at radius 3 is 2.46 bits per heavy atom. The van der Waals surface area contributed by atoms with Gasteiger partial charge in [0.25, 0.3) is 11.8 Å². The molecule has 0 aromatic heterocycles. The zero-order valence-electron chi connectivity index (χ0n) is 22.6. The number of carbonyl (C=O) groups excluding carboxylic acids is 6. The van der Waals surface area contributed by atoms with Gasteiger partial charge in [0.05, 0.1) is 6.04 Å². The van der Waals surface area contributed by atoms with Gasteiger partial charge in [0.15, 0.2) is 0 Å². The Morgan fingerprint density at radius 2 is 1.82 bits per heavy atom. The van der Waals surface area contributed by atoms with E-state index >= 15 is 0 Å². The number of rotatable bonds is 8. The van der Waals surface area contributed by atoms with Crippen LogP contribution in [0.5, 0.6) is 0 Å². The zero-order chi connectivity index (χ0) is 28.7. The second kappa shape index (κ2) is 12.6. The highest BCUT2D eigenvalue weighted by Gasteiger charge is 2.45. The van der Waals surface area contributed by atoms with Crippen molar-refractivity contribution in [2.75, 3.05) is 13.6 Å². The molecule has 2 heterocycles. The lowest BCUT2D eigenvalue weighted by atomic mass is 10.0. The van der Waals surface area contributed by atoms with Crippen LogP contribution in [0.25, 0.3) is 0 Å². The van der Waals surface area contributed by atoms with Gasteiger partial charge in [0.2, 0.25) is 17.6 Å². The summed E-state index contributed by atoms with van der Waals surface area (Å²) in [7, 11) is 1.45. The van der Waals surface area contributed by atoms with Gasteiger partial charge in [0, 0.05) is 38.2 Å². The first-order chi connectivity index (χ1) is 18.4. The van der Waals surface area contributed by atoms with Crippen molar-refractivity contribution >= 4 is 41.6 Å². The number of carbonyl (C=O) groups is 6. The number of nitrogens with zero attached hydrogens (tertiary/aromatic N) is 3. The van der Waals surface area contributed by atoms with Gasteiger partial charge in [-0.1, -0.05) is 18.2 Å². The highest BCUT2D eigenvalue weighted by molar-refractivity contribution is 6.34. The summed E-state index contributed by atoms with van der Waals surface area (Å²) < 4.78 is 5.11. The van der Waals surface area contributed by atoms with Crippen LogP contribution in [0.2, 0.25) is 0 Å². The Balaban J connectivity index is 1.77. The number of hydrogen-bond acceptors (Lipinski definition) is 8. The van der Waals surface area contributed by atoms with Crippen LogP contribution in [-0.4, -0.2) is 88.9 Å². The van der Waals surface area contributed by atoms with Gasteiger partial charge in [-0.2, -0.15) is 0 Å². The second-order valence-corrected chi connectivity index (χ2v) is 10.4. The molecule has 2 N–H and O–H groups in total. The average Bonchev–Trinajstić information content (AvgIpc) is 3.00. The molecule has 3 atom stereocenters. The molecule has 0 saturated carbocycles. The smallest absolute Gasteiger partial charge is 0.375 e. The maximum atomic E-state index is 13.6. The predicted molar refractivity (Wildman–Crippen MR) is 140 cm³/mol. The van der Waals surface area contributed by atoms with Crippen LogP contribution in [-0.2, 0) is 28.7 Å². The van der Waals surface area contributed by atoms with Crippen molar-refractivity contribution in [3.8, 4) is 0 Å². The van der Waals surface area contributed by atoms with Crippen LogP contribution in [0.1, 0.15) is 63.2 Å². The van der Waals surface area contributed by atoms with E-state index in [2.05, 4.69) is 15.6 Å². The van der Waals surface area contributed by atoms with E-state index in [0.29, 0.717) is 12.0 Å². The van der Waals surface area contributed by atoms with Gasteiger partial charge in [-0.3, -0.25) is 34.0 Å². The van der Waals surface area contributed by atoms with E-state index in [1.807, 2.05) is 0 Å². The monoisotopic (exact) mass is 541 g/mol. The van der Waals surface area contributed by atoms with E-state index in [4.69, 9.17) is 4.74 Å². The van der Waals surface area contributed by atoms with Gasteiger partial charge < -0.3 is 15.4 Å². The van der Waals surface area contributed by atoms with E-state index < -0.39 is 59.6 Å². The lowest BCUT2D eigenvalue weighted by molar-refractivity contribution is -0.176. The summed E-state index contributed by atoms with van der Waals surface area (Å²) in [4.78, 5) is 81.2. The topological polar surface area (TPSA) is 155 Å². The first-order valence-electron chi connectivity index (χ1n) is 12.9. The molecule has 1 unspecified atom stereocenters. The Bertz CT molecular complexity index is 1140. The van der Waals surface area contributed by atoms with E-state index in [1.165, 1.54) is 18.3 Å². The van der Waals surface area contributed by atoms with Crippen LogP contribution in [0, 0.1) is 0 Å². The average molecular weight is 542 g/mol. The largest absolute Gasteiger partial charge is 0.454 e. The molecule has 210 valence electrons. The Hall–Kier alpha value is -4.09. The van der Waals surface area contributed by atoms with Crippen molar-refractivity contribution in [1.82, 2.24) is 20.7 Å². The first-order valence-corrected chi connectivity index (χ1v) is 12.9. The maximum absolute atomic E-state index is 13.6. The third-order valence-electron chi connectivity index (χ3n) is 6.19. The van der Waals surface area contributed by atoms with E-state index in [1.54, 1.807) is 51.1 Å². The van der Waals surface area contributed by atoms with Crippen molar-refractivity contribution in [3.05, 3.63) is 35.9 Å². The quantitative estimate of drug-likeness (QED) is 0.280.